The summed E-state index contributed by atoms with van der Waals surface area (Å²) in [5.41, 5.74) is 16.0. The summed E-state index contributed by atoms with van der Waals surface area (Å²) in [5, 5.41) is 7.52. The average molecular weight is 851 g/mol. The molecule has 13 rings (SSSR count). The number of aromatic nitrogens is 1. The molecule has 3 nitrogen and oxygen atoms in total. The van der Waals surface area contributed by atoms with Gasteiger partial charge in [0.25, 0.3) is 0 Å². The number of hydrogen-bond acceptors (Lipinski definition) is 2. The lowest BCUT2D eigenvalue weighted by Gasteiger charge is -2.28. The highest BCUT2D eigenvalue weighted by molar-refractivity contribution is 7.86. The summed E-state index contributed by atoms with van der Waals surface area (Å²) in [6.45, 7) is 4.67. The first-order valence-electron chi connectivity index (χ1n) is 22.4. The molecular formula is C61H43N2OP. The van der Waals surface area contributed by atoms with Crippen LogP contribution in [0.2, 0.25) is 0 Å². The Hall–Kier alpha value is -7.71. The van der Waals surface area contributed by atoms with Crippen LogP contribution in [0, 0.1) is 0 Å². The van der Waals surface area contributed by atoms with Crippen molar-refractivity contribution in [1.29, 1.82) is 0 Å². The third-order valence-electron chi connectivity index (χ3n) is 14.2. The molecule has 0 bridgehead atoms. The van der Waals surface area contributed by atoms with E-state index >= 15 is 4.57 Å². The molecule has 308 valence electrons. The molecule has 10 aromatic carbocycles. The fraction of sp³-hybridized carbons (Fsp3) is 0.0492. The van der Waals surface area contributed by atoms with E-state index in [1.54, 1.807) is 0 Å². The minimum Gasteiger partial charge on any atom is -0.310 e. The summed E-state index contributed by atoms with van der Waals surface area (Å²) in [7, 11) is -3.22. The zero-order chi connectivity index (χ0) is 43.4. The Labute approximate surface area is 378 Å². The largest absolute Gasteiger partial charge is 0.310 e. The molecule has 0 radical (unpaired) electrons. The number of nitrogens with zero attached hydrogens (tertiary/aromatic N) is 2. The Morgan fingerprint density at radius 1 is 0.431 bits per heavy atom. The predicted molar refractivity (Wildman–Crippen MR) is 274 cm³/mol. The molecule has 0 spiro atoms. The highest BCUT2D eigenvalue weighted by Gasteiger charge is 2.41. The van der Waals surface area contributed by atoms with E-state index in [2.05, 4.69) is 217 Å². The van der Waals surface area contributed by atoms with Gasteiger partial charge in [0.1, 0.15) is 0 Å². The van der Waals surface area contributed by atoms with Gasteiger partial charge in [-0.15, -0.1) is 0 Å². The van der Waals surface area contributed by atoms with Crippen molar-refractivity contribution in [3.05, 3.63) is 236 Å². The van der Waals surface area contributed by atoms with Gasteiger partial charge in [0, 0.05) is 54.9 Å². The maximum absolute atomic E-state index is 16.0. The number of hydrogen-bond donors (Lipinski definition) is 0. The van der Waals surface area contributed by atoms with Crippen LogP contribution < -0.4 is 20.8 Å². The first-order valence-corrected chi connectivity index (χ1v) is 24.2. The molecule has 2 aliphatic rings. The number of benzene rings is 10. The molecular weight excluding hydrogens is 808 g/mol. The SMILES string of the molecule is CC1(C)c2ccccc2-c2ccc(N(c3ccccc3)c3ccc4c(c3)-c3cc(-c5ccc6c(c5)c5c7ccccc7ccc5n6-c5ccccc5)ccc3P4(=O)c3ccccc3)cc21. The van der Waals surface area contributed by atoms with Crippen LogP contribution in [0.1, 0.15) is 25.0 Å². The number of fused-ring (bicyclic) bond motifs is 11. The summed E-state index contributed by atoms with van der Waals surface area (Å²) in [4.78, 5) is 2.36. The number of anilines is 3. The lowest BCUT2D eigenvalue weighted by atomic mass is 9.82. The fourth-order valence-corrected chi connectivity index (χ4v) is 14.1. The van der Waals surface area contributed by atoms with Gasteiger partial charge in [-0.1, -0.05) is 153 Å². The predicted octanol–water partition coefficient (Wildman–Crippen LogP) is 15.0. The van der Waals surface area contributed by atoms with Gasteiger partial charge in [-0.25, -0.2) is 0 Å². The Balaban J connectivity index is 1.01. The number of rotatable bonds is 6. The summed E-state index contributed by atoms with van der Waals surface area (Å²) >= 11 is 0. The molecule has 4 heteroatoms. The third-order valence-corrected chi connectivity index (χ3v) is 17.3. The molecule has 1 aliphatic carbocycles. The first-order chi connectivity index (χ1) is 31.9. The van der Waals surface area contributed by atoms with Crippen molar-refractivity contribution in [3.63, 3.8) is 0 Å². The summed E-state index contributed by atoms with van der Waals surface area (Å²) in [6, 6.07) is 80.3. The van der Waals surface area contributed by atoms with Gasteiger partial charge in [0.05, 0.1) is 11.0 Å². The van der Waals surface area contributed by atoms with Crippen molar-refractivity contribution in [2.24, 2.45) is 0 Å². The van der Waals surface area contributed by atoms with Gasteiger partial charge in [-0.05, 0) is 140 Å². The second-order valence-electron chi connectivity index (χ2n) is 18.0. The molecule has 0 saturated carbocycles. The van der Waals surface area contributed by atoms with Crippen molar-refractivity contribution >= 4 is 72.7 Å². The third kappa shape index (κ3) is 5.52. The lowest BCUT2D eigenvalue weighted by Crippen LogP contribution is -2.21. The number of para-hydroxylation sites is 2. The monoisotopic (exact) mass is 850 g/mol. The van der Waals surface area contributed by atoms with Crippen molar-refractivity contribution in [2.75, 3.05) is 4.90 Å². The molecule has 11 aromatic rings. The van der Waals surface area contributed by atoms with Crippen LogP contribution >= 0.6 is 7.14 Å². The highest BCUT2D eigenvalue weighted by Crippen LogP contribution is 2.55. The average Bonchev–Trinajstić information content (AvgIpc) is 3.92. The van der Waals surface area contributed by atoms with E-state index in [9.17, 15) is 0 Å². The van der Waals surface area contributed by atoms with Crippen LogP contribution in [0.25, 0.3) is 71.6 Å². The maximum atomic E-state index is 16.0. The van der Waals surface area contributed by atoms with Crippen LogP contribution in [-0.4, -0.2) is 4.57 Å². The second kappa shape index (κ2) is 14.1. The van der Waals surface area contributed by atoms with Gasteiger partial charge >= 0.3 is 0 Å². The van der Waals surface area contributed by atoms with E-state index < -0.39 is 7.14 Å². The first kappa shape index (κ1) is 37.8. The van der Waals surface area contributed by atoms with Crippen LogP contribution in [0.15, 0.2) is 224 Å². The Morgan fingerprint density at radius 3 is 1.85 bits per heavy atom. The van der Waals surface area contributed by atoms with E-state index in [0.29, 0.717) is 0 Å². The van der Waals surface area contributed by atoms with Crippen molar-refractivity contribution < 1.29 is 4.57 Å². The molecule has 0 amide bonds. The van der Waals surface area contributed by atoms with Gasteiger partial charge in [-0.3, -0.25) is 0 Å². The van der Waals surface area contributed by atoms with Crippen LogP contribution in [0.5, 0.6) is 0 Å². The van der Waals surface area contributed by atoms with Crippen molar-refractivity contribution in [2.45, 2.75) is 19.3 Å². The topological polar surface area (TPSA) is 25.2 Å². The Kier molecular flexibility index (Phi) is 8.23. The normalized spacial score (nSPS) is 15.5. The van der Waals surface area contributed by atoms with E-state index in [0.717, 1.165) is 66.4 Å². The van der Waals surface area contributed by atoms with E-state index in [1.165, 1.54) is 49.3 Å². The smallest absolute Gasteiger partial charge is 0.172 e. The molecule has 1 atom stereocenters. The summed E-state index contributed by atoms with van der Waals surface area (Å²) < 4.78 is 18.4. The molecule has 65 heavy (non-hydrogen) atoms. The minimum absolute atomic E-state index is 0.146. The highest BCUT2D eigenvalue weighted by atomic mass is 31.2. The standard InChI is InChI=1S/C61H43N2OP/c1-61(2)54-25-15-14-24-49(54)50-31-29-46(39-55(50)61)62(43-17-6-3-7-18-43)45-30-35-59-52(38-45)51-36-42(28-34-58(51)65(59,64)47-21-10-5-11-22-47)41-27-32-56-53(37-41)60-48-23-13-12-16-40(48)26-33-57(60)63(56)44-19-8-4-9-20-44/h3-39H,1-2H3. The van der Waals surface area contributed by atoms with E-state index in [-0.39, 0.29) is 5.41 Å². The summed E-state index contributed by atoms with van der Waals surface area (Å²) in [6.07, 6.45) is 0. The Bertz CT molecular complexity index is 3780. The second-order valence-corrected chi connectivity index (χ2v) is 20.7. The van der Waals surface area contributed by atoms with Crippen LogP contribution in [0.4, 0.5) is 17.1 Å². The van der Waals surface area contributed by atoms with Gasteiger partial charge in [-0.2, -0.15) is 0 Å². The van der Waals surface area contributed by atoms with Crippen LogP contribution in [-0.2, 0) is 9.98 Å². The van der Waals surface area contributed by atoms with Gasteiger partial charge in [0.15, 0.2) is 7.14 Å². The maximum Gasteiger partial charge on any atom is 0.172 e. The molecule has 1 aliphatic heterocycles. The zero-order valence-electron chi connectivity index (χ0n) is 36.1. The molecule has 1 unspecified atom stereocenters. The molecule has 0 fully saturated rings. The van der Waals surface area contributed by atoms with Crippen molar-refractivity contribution in [3.8, 4) is 39.1 Å². The zero-order valence-corrected chi connectivity index (χ0v) is 37.0. The summed E-state index contributed by atoms with van der Waals surface area (Å²) in [5.74, 6) is 0. The minimum atomic E-state index is -3.22. The molecule has 0 saturated heterocycles. The Morgan fingerprint density at radius 2 is 1.03 bits per heavy atom. The van der Waals surface area contributed by atoms with Gasteiger partial charge in [0.2, 0.25) is 0 Å². The molecule has 1 aromatic heterocycles. The van der Waals surface area contributed by atoms with Crippen LogP contribution in [0.3, 0.4) is 0 Å². The quantitative estimate of drug-likeness (QED) is 0.156. The van der Waals surface area contributed by atoms with Crippen molar-refractivity contribution in [1.82, 2.24) is 4.57 Å². The van der Waals surface area contributed by atoms with Gasteiger partial charge < -0.3 is 14.0 Å². The molecule has 2 heterocycles. The molecule has 0 N–H and O–H groups in total. The fourth-order valence-electron chi connectivity index (χ4n) is 11.1. The lowest BCUT2D eigenvalue weighted by molar-refractivity contribution is 0.593. The van der Waals surface area contributed by atoms with E-state index in [4.69, 9.17) is 0 Å². The van der Waals surface area contributed by atoms with E-state index in [1.807, 2.05) is 30.3 Å².